The molecule has 0 bridgehead atoms. The molecule has 106 valence electrons. The third-order valence-corrected chi connectivity index (χ3v) is 3.44. The number of methoxy groups -OCH3 is 1. The monoisotopic (exact) mass is 282 g/mol. The summed E-state index contributed by atoms with van der Waals surface area (Å²) in [6.07, 6.45) is 5.38. The van der Waals surface area contributed by atoms with Gasteiger partial charge in [-0.1, -0.05) is 0 Å². The molecule has 0 fully saturated rings. The molecule has 0 radical (unpaired) electrons. The number of ether oxygens (including phenoxy) is 1. The summed E-state index contributed by atoms with van der Waals surface area (Å²) in [5, 5.41) is 0.629. The van der Waals surface area contributed by atoms with Gasteiger partial charge in [0.15, 0.2) is 5.78 Å². The smallest absolute Gasteiger partial charge is 0.230 e. The Morgan fingerprint density at radius 1 is 1.19 bits per heavy atom. The Morgan fingerprint density at radius 2 is 1.90 bits per heavy atom. The van der Waals surface area contributed by atoms with Gasteiger partial charge in [0, 0.05) is 25.5 Å². The topological polar surface area (TPSA) is 64.1 Å². The minimum atomic E-state index is -0.524. The summed E-state index contributed by atoms with van der Waals surface area (Å²) < 4.78 is 7.27. The van der Waals surface area contributed by atoms with E-state index in [0.717, 1.165) is 11.2 Å². The fourth-order valence-electron chi connectivity index (χ4n) is 2.45. The quantitative estimate of drug-likeness (QED) is 0.591. The molecule has 2 aromatic heterocycles. The number of hydrogen-bond acceptors (Lipinski definition) is 3. The first kappa shape index (κ1) is 13.2. The molecule has 0 aliphatic carbocycles. The van der Waals surface area contributed by atoms with Crippen molar-refractivity contribution < 1.29 is 14.3 Å². The predicted molar refractivity (Wildman–Crippen MR) is 79.2 cm³/mol. The average Bonchev–Trinajstić information content (AvgIpc) is 3.14. The highest BCUT2D eigenvalue weighted by Crippen LogP contribution is 2.33. The fourth-order valence-corrected chi connectivity index (χ4v) is 2.45. The van der Waals surface area contributed by atoms with Gasteiger partial charge in [-0.2, -0.15) is 0 Å². The number of carbonyl (C=O) groups excluding carboxylic acids is 2. The number of aromatic amines is 1. The number of aromatic nitrogens is 2. The summed E-state index contributed by atoms with van der Waals surface area (Å²) in [4.78, 5) is 26.5. The highest BCUT2D eigenvalue weighted by atomic mass is 16.5. The predicted octanol–water partition coefficient (Wildman–Crippen LogP) is 2.74. The van der Waals surface area contributed by atoms with E-state index in [1.807, 2.05) is 35.2 Å². The molecule has 0 spiro atoms. The molecule has 0 aliphatic heterocycles. The summed E-state index contributed by atoms with van der Waals surface area (Å²) in [6.45, 7) is 1.27. The highest BCUT2D eigenvalue weighted by Gasteiger charge is 2.21. The number of hydrogen-bond donors (Lipinski definition) is 1. The molecular formula is C16H14N2O3. The van der Waals surface area contributed by atoms with Crippen LogP contribution in [0.4, 0.5) is 0 Å². The first-order valence-electron chi connectivity index (χ1n) is 6.50. The van der Waals surface area contributed by atoms with Gasteiger partial charge in [-0.3, -0.25) is 9.59 Å². The van der Waals surface area contributed by atoms with Gasteiger partial charge < -0.3 is 14.3 Å². The number of benzene rings is 1. The van der Waals surface area contributed by atoms with Gasteiger partial charge in [-0.25, -0.2) is 0 Å². The van der Waals surface area contributed by atoms with Crippen LogP contribution in [-0.4, -0.2) is 28.2 Å². The largest absolute Gasteiger partial charge is 0.496 e. The van der Waals surface area contributed by atoms with Gasteiger partial charge in [-0.15, -0.1) is 0 Å². The van der Waals surface area contributed by atoms with E-state index in [-0.39, 0.29) is 0 Å². The second-order valence-electron chi connectivity index (χ2n) is 4.71. The standard InChI is InChI=1S/C16H14N2O3/c1-10(19)16(20)11-9-17-15-12(18-7-3-4-8-18)5-6-13(21-2)14(11)15/h3-9,17H,1-2H3. The zero-order valence-electron chi connectivity index (χ0n) is 11.7. The van der Waals surface area contributed by atoms with E-state index >= 15 is 0 Å². The maximum absolute atomic E-state index is 12.1. The van der Waals surface area contributed by atoms with Crippen molar-refractivity contribution in [3.05, 3.63) is 48.4 Å². The Kier molecular flexibility index (Phi) is 3.10. The number of Topliss-reactive ketones (excluding diaryl/α,β-unsaturated/α-hetero) is 2. The molecule has 21 heavy (non-hydrogen) atoms. The van der Waals surface area contributed by atoms with Crippen LogP contribution in [0.3, 0.4) is 0 Å². The summed E-state index contributed by atoms with van der Waals surface area (Å²) >= 11 is 0. The van der Waals surface area contributed by atoms with Crippen molar-refractivity contribution in [2.24, 2.45) is 0 Å². The molecule has 0 unspecified atom stereocenters. The Morgan fingerprint density at radius 3 is 2.52 bits per heavy atom. The number of nitrogens with zero attached hydrogens (tertiary/aromatic N) is 1. The summed E-state index contributed by atoms with van der Waals surface area (Å²) in [5.41, 5.74) is 1.98. The van der Waals surface area contributed by atoms with Crippen molar-refractivity contribution >= 4 is 22.5 Å². The van der Waals surface area contributed by atoms with Crippen molar-refractivity contribution in [3.8, 4) is 11.4 Å². The highest BCUT2D eigenvalue weighted by molar-refractivity contribution is 6.45. The molecule has 3 rings (SSSR count). The van der Waals surface area contributed by atoms with Gasteiger partial charge in [0.2, 0.25) is 5.78 Å². The van der Waals surface area contributed by atoms with Gasteiger partial charge in [0.1, 0.15) is 5.75 Å². The molecule has 0 saturated heterocycles. The maximum Gasteiger partial charge on any atom is 0.230 e. The van der Waals surface area contributed by atoms with Crippen LogP contribution in [0.1, 0.15) is 17.3 Å². The Hall–Kier alpha value is -2.82. The van der Waals surface area contributed by atoms with E-state index in [2.05, 4.69) is 4.98 Å². The number of carbonyl (C=O) groups is 2. The molecule has 3 aromatic rings. The van der Waals surface area contributed by atoms with Gasteiger partial charge in [0.25, 0.3) is 0 Å². The van der Waals surface area contributed by atoms with E-state index in [1.165, 1.54) is 6.92 Å². The van der Waals surface area contributed by atoms with Crippen LogP contribution in [0.5, 0.6) is 5.75 Å². The molecule has 5 heteroatoms. The third-order valence-electron chi connectivity index (χ3n) is 3.44. The minimum Gasteiger partial charge on any atom is -0.496 e. The van der Waals surface area contributed by atoms with Crippen molar-refractivity contribution in [3.63, 3.8) is 0 Å². The lowest BCUT2D eigenvalue weighted by Gasteiger charge is -2.09. The Bertz CT molecular complexity index is 829. The molecular weight excluding hydrogens is 268 g/mol. The number of H-pyrrole nitrogens is 1. The lowest BCUT2D eigenvalue weighted by molar-refractivity contribution is -0.113. The van der Waals surface area contributed by atoms with Crippen LogP contribution in [0.2, 0.25) is 0 Å². The third kappa shape index (κ3) is 2.03. The molecule has 2 heterocycles. The number of rotatable bonds is 4. The minimum absolute atomic E-state index is 0.336. The maximum atomic E-state index is 12.1. The van der Waals surface area contributed by atoms with Gasteiger partial charge in [-0.05, 0) is 24.3 Å². The molecule has 1 aromatic carbocycles. The van der Waals surface area contributed by atoms with Gasteiger partial charge >= 0.3 is 0 Å². The fraction of sp³-hybridized carbons (Fsp3) is 0.125. The number of ketones is 2. The van der Waals surface area contributed by atoms with E-state index in [0.29, 0.717) is 16.7 Å². The normalized spacial score (nSPS) is 10.8. The van der Waals surface area contributed by atoms with E-state index < -0.39 is 11.6 Å². The van der Waals surface area contributed by atoms with Crippen LogP contribution in [0, 0.1) is 0 Å². The average molecular weight is 282 g/mol. The molecule has 0 saturated carbocycles. The van der Waals surface area contributed by atoms with Crippen LogP contribution < -0.4 is 4.74 Å². The lowest BCUT2D eigenvalue weighted by Crippen LogP contribution is -2.09. The van der Waals surface area contributed by atoms with Crippen molar-refractivity contribution in [2.75, 3.05) is 7.11 Å². The Labute approximate surface area is 121 Å². The van der Waals surface area contributed by atoms with E-state index in [9.17, 15) is 9.59 Å². The molecule has 0 amide bonds. The summed E-state index contributed by atoms with van der Waals surface area (Å²) in [6, 6.07) is 7.53. The second kappa shape index (κ2) is 4.94. The van der Waals surface area contributed by atoms with Crippen molar-refractivity contribution in [2.45, 2.75) is 6.92 Å². The first-order chi connectivity index (χ1) is 10.1. The zero-order chi connectivity index (χ0) is 15.0. The van der Waals surface area contributed by atoms with Crippen LogP contribution in [-0.2, 0) is 4.79 Å². The van der Waals surface area contributed by atoms with Crippen LogP contribution in [0.25, 0.3) is 16.6 Å². The molecule has 1 N–H and O–H groups in total. The molecule has 0 atom stereocenters. The molecule has 0 aliphatic rings. The van der Waals surface area contributed by atoms with E-state index in [1.54, 1.807) is 19.4 Å². The SMILES string of the molecule is COc1ccc(-n2cccc2)c2[nH]cc(C(=O)C(C)=O)c12. The van der Waals surface area contributed by atoms with Crippen LogP contribution >= 0.6 is 0 Å². The zero-order valence-corrected chi connectivity index (χ0v) is 11.7. The number of nitrogens with one attached hydrogen (secondary N) is 1. The first-order valence-corrected chi connectivity index (χ1v) is 6.50. The lowest BCUT2D eigenvalue weighted by atomic mass is 10.1. The summed E-state index contributed by atoms with van der Waals surface area (Å²) in [7, 11) is 1.54. The number of fused-ring (bicyclic) bond motifs is 1. The van der Waals surface area contributed by atoms with Crippen molar-refractivity contribution in [1.29, 1.82) is 0 Å². The summed E-state index contributed by atoms with van der Waals surface area (Å²) in [5.74, 6) is -0.458. The second-order valence-corrected chi connectivity index (χ2v) is 4.71. The van der Waals surface area contributed by atoms with Gasteiger partial charge in [0.05, 0.1) is 29.3 Å². The van der Waals surface area contributed by atoms with Crippen molar-refractivity contribution in [1.82, 2.24) is 9.55 Å². The Balaban J connectivity index is 2.32. The van der Waals surface area contributed by atoms with Crippen LogP contribution in [0.15, 0.2) is 42.9 Å². The van der Waals surface area contributed by atoms with E-state index in [4.69, 9.17) is 4.74 Å². The molecule has 5 nitrogen and oxygen atoms in total.